The average molecular weight is 226 g/mol. The van der Waals surface area contributed by atoms with Crippen molar-refractivity contribution in [1.82, 2.24) is 4.98 Å². The first-order valence-corrected chi connectivity index (χ1v) is 5.96. The quantitative estimate of drug-likeness (QED) is 0.870. The molecular formula is C15H18N2. The van der Waals surface area contributed by atoms with Gasteiger partial charge in [-0.2, -0.15) is 0 Å². The van der Waals surface area contributed by atoms with E-state index in [4.69, 9.17) is 5.73 Å². The molecule has 1 aromatic heterocycles. The lowest BCUT2D eigenvalue weighted by Crippen LogP contribution is -2.17. The average Bonchev–Trinajstić information content (AvgIpc) is 2.32. The maximum Gasteiger partial charge on any atom is 0.0303 e. The van der Waals surface area contributed by atoms with Crippen LogP contribution in [0.1, 0.15) is 23.6 Å². The smallest absolute Gasteiger partial charge is 0.0303 e. The Labute approximate surface area is 103 Å². The van der Waals surface area contributed by atoms with Crippen LogP contribution in [0.4, 0.5) is 0 Å². The van der Waals surface area contributed by atoms with Crippen LogP contribution in [0, 0.1) is 0 Å². The van der Waals surface area contributed by atoms with E-state index in [9.17, 15) is 0 Å². The number of benzene rings is 1. The monoisotopic (exact) mass is 226 g/mol. The summed E-state index contributed by atoms with van der Waals surface area (Å²) in [5, 5.41) is 0. The summed E-state index contributed by atoms with van der Waals surface area (Å²) in [5.41, 5.74) is 9.63. The second-order valence-corrected chi connectivity index (χ2v) is 4.54. The molecule has 2 rings (SSSR count). The Morgan fingerprint density at radius 2 is 1.76 bits per heavy atom. The van der Waals surface area contributed by atoms with Gasteiger partial charge in [0.15, 0.2) is 0 Å². The van der Waals surface area contributed by atoms with Crippen LogP contribution >= 0.6 is 0 Å². The maximum atomic E-state index is 5.78. The first-order valence-electron chi connectivity index (χ1n) is 5.96. The van der Waals surface area contributed by atoms with Crippen molar-refractivity contribution in [2.24, 2.45) is 5.73 Å². The van der Waals surface area contributed by atoms with Crippen molar-refractivity contribution < 1.29 is 0 Å². The van der Waals surface area contributed by atoms with E-state index >= 15 is 0 Å². The van der Waals surface area contributed by atoms with E-state index < -0.39 is 0 Å². The molecule has 0 saturated heterocycles. The van der Waals surface area contributed by atoms with Crippen LogP contribution in [-0.4, -0.2) is 11.0 Å². The van der Waals surface area contributed by atoms with Gasteiger partial charge in [0.25, 0.3) is 0 Å². The Kier molecular flexibility index (Phi) is 3.89. The summed E-state index contributed by atoms with van der Waals surface area (Å²) >= 11 is 0. The largest absolute Gasteiger partial charge is 0.328 e. The summed E-state index contributed by atoms with van der Waals surface area (Å²) in [7, 11) is 0. The van der Waals surface area contributed by atoms with E-state index in [0.29, 0.717) is 0 Å². The molecule has 0 aliphatic heterocycles. The standard InChI is InChI=1S/C15H18N2/c1-12(16)9-13-4-6-14(7-5-13)10-15-3-2-8-17-11-15/h2-8,11-12H,9-10,16H2,1H3. The molecule has 2 aromatic rings. The number of aromatic nitrogens is 1. The van der Waals surface area contributed by atoms with Gasteiger partial charge >= 0.3 is 0 Å². The molecular weight excluding hydrogens is 208 g/mol. The van der Waals surface area contributed by atoms with Gasteiger partial charge in [0.1, 0.15) is 0 Å². The molecule has 1 heterocycles. The molecule has 0 aliphatic rings. The van der Waals surface area contributed by atoms with E-state index in [1.54, 1.807) is 6.20 Å². The molecule has 1 unspecified atom stereocenters. The van der Waals surface area contributed by atoms with Gasteiger partial charge in [0.2, 0.25) is 0 Å². The molecule has 2 nitrogen and oxygen atoms in total. The molecule has 1 aromatic carbocycles. The number of hydrogen-bond acceptors (Lipinski definition) is 2. The Bertz CT molecular complexity index is 446. The lowest BCUT2D eigenvalue weighted by atomic mass is 10.0. The van der Waals surface area contributed by atoms with E-state index in [0.717, 1.165) is 12.8 Å². The highest BCUT2D eigenvalue weighted by molar-refractivity contribution is 5.27. The van der Waals surface area contributed by atoms with E-state index in [2.05, 4.69) is 35.3 Å². The molecule has 88 valence electrons. The number of nitrogens with two attached hydrogens (primary N) is 1. The fraction of sp³-hybridized carbons (Fsp3) is 0.267. The highest BCUT2D eigenvalue weighted by atomic mass is 14.6. The predicted molar refractivity (Wildman–Crippen MR) is 70.8 cm³/mol. The molecule has 0 fully saturated rings. The van der Waals surface area contributed by atoms with Crippen molar-refractivity contribution >= 4 is 0 Å². The first kappa shape index (κ1) is 11.8. The molecule has 17 heavy (non-hydrogen) atoms. The lowest BCUT2D eigenvalue weighted by Gasteiger charge is -2.06. The second kappa shape index (κ2) is 5.60. The predicted octanol–water partition coefficient (Wildman–Crippen LogP) is 2.56. The van der Waals surface area contributed by atoms with E-state index in [1.807, 2.05) is 19.2 Å². The molecule has 0 spiro atoms. The molecule has 0 amide bonds. The fourth-order valence-corrected chi connectivity index (χ4v) is 1.90. The van der Waals surface area contributed by atoms with Gasteiger partial charge in [0, 0.05) is 18.4 Å². The summed E-state index contributed by atoms with van der Waals surface area (Å²) in [6.45, 7) is 2.03. The van der Waals surface area contributed by atoms with Crippen LogP contribution in [0.2, 0.25) is 0 Å². The summed E-state index contributed by atoms with van der Waals surface area (Å²) in [5.74, 6) is 0. The lowest BCUT2D eigenvalue weighted by molar-refractivity contribution is 0.738. The third-order valence-electron chi connectivity index (χ3n) is 2.71. The van der Waals surface area contributed by atoms with Crippen molar-refractivity contribution in [1.29, 1.82) is 0 Å². The number of rotatable bonds is 4. The minimum atomic E-state index is 0.221. The van der Waals surface area contributed by atoms with Crippen molar-refractivity contribution in [2.45, 2.75) is 25.8 Å². The SMILES string of the molecule is CC(N)Cc1ccc(Cc2cccnc2)cc1. The summed E-state index contributed by atoms with van der Waals surface area (Å²) in [6.07, 6.45) is 5.59. The van der Waals surface area contributed by atoms with Gasteiger partial charge in [-0.15, -0.1) is 0 Å². The van der Waals surface area contributed by atoms with Crippen LogP contribution in [-0.2, 0) is 12.8 Å². The first-order chi connectivity index (χ1) is 8.24. The van der Waals surface area contributed by atoms with Crippen molar-refractivity contribution in [3.63, 3.8) is 0 Å². The highest BCUT2D eigenvalue weighted by Crippen LogP contribution is 2.10. The Balaban J connectivity index is 2.03. The van der Waals surface area contributed by atoms with Crippen LogP contribution in [0.25, 0.3) is 0 Å². The van der Waals surface area contributed by atoms with Crippen LogP contribution < -0.4 is 5.73 Å². The molecule has 0 bridgehead atoms. The summed E-state index contributed by atoms with van der Waals surface area (Å²) in [4.78, 5) is 4.12. The zero-order valence-electron chi connectivity index (χ0n) is 10.1. The van der Waals surface area contributed by atoms with Gasteiger partial charge < -0.3 is 5.73 Å². The van der Waals surface area contributed by atoms with Gasteiger partial charge in [-0.1, -0.05) is 30.3 Å². The van der Waals surface area contributed by atoms with Gasteiger partial charge in [-0.05, 0) is 42.5 Å². The van der Waals surface area contributed by atoms with Gasteiger partial charge in [-0.3, -0.25) is 4.98 Å². The van der Waals surface area contributed by atoms with Crippen molar-refractivity contribution in [3.8, 4) is 0 Å². The fourth-order valence-electron chi connectivity index (χ4n) is 1.90. The Morgan fingerprint density at radius 1 is 1.06 bits per heavy atom. The Hall–Kier alpha value is -1.67. The van der Waals surface area contributed by atoms with Crippen molar-refractivity contribution in [2.75, 3.05) is 0 Å². The zero-order chi connectivity index (χ0) is 12.1. The zero-order valence-corrected chi connectivity index (χ0v) is 10.1. The number of nitrogens with zero attached hydrogens (tertiary/aromatic N) is 1. The summed E-state index contributed by atoms with van der Waals surface area (Å²) < 4.78 is 0. The molecule has 1 atom stereocenters. The third-order valence-corrected chi connectivity index (χ3v) is 2.71. The highest BCUT2D eigenvalue weighted by Gasteiger charge is 1.99. The summed E-state index contributed by atoms with van der Waals surface area (Å²) in [6, 6.07) is 13.0. The minimum absolute atomic E-state index is 0.221. The van der Waals surface area contributed by atoms with E-state index in [1.165, 1.54) is 16.7 Å². The topological polar surface area (TPSA) is 38.9 Å². The van der Waals surface area contributed by atoms with Crippen LogP contribution in [0.5, 0.6) is 0 Å². The molecule has 0 aliphatic carbocycles. The Morgan fingerprint density at radius 3 is 2.35 bits per heavy atom. The van der Waals surface area contributed by atoms with E-state index in [-0.39, 0.29) is 6.04 Å². The van der Waals surface area contributed by atoms with Gasteiger partial charge in [-0.25, -0.2) is 0 Å². The minimum Gasteiger partial charge on any atom is -0.328 e. The molecule has 2 heteroatoms. The second-order valence-electron chi connectivity index (χ2n) is 4.54. The van der Waals surface area contributed by atoms with Crippen molar-refractivity contribution in [3.05, 3.63) is 65.5 Å². The number of hydrogen-bond donors (Lipinski definition) is 1. The molecule has 0 saturated carbocycles. The maximum absolute atomic E-state index is 5.78. The van der Waals surface area contributed by atoms with Crippen LogP contribution in [0.15, 0.2) is 48.8 Å². The number of pyridine rings is 1. The van der Waals surface area contributed by atoms with Gasteiger partial charge in [0.05, 0.1) is 0 Å². The molecule has 2 N–H and O–H groups in total. The molecule has 0 radical (unpaired) electrons. The third kappa shape index (κ3) is 3.68. The van der Waals surface area contributed by atoms with Crippen LogP contribution in [0.3, 0.4) is 0 Å². The normalized spacial score (nSPS) is 12.4.